The first-order valence-electron chi connectivity index (χ1n) is 4.44. The zero-order chi connectivity index (χ0) is 8.81. The van der Waals surface area contributed by atoms with Gasteiger partial charge in [-0.3, -0.25) is 4.79 Å². The quantitative estimate of drug-likeness (QED) is 0.475. The highest BCUT2D eigenvalue weighted by molar-refractivity contribution is 5.78. The van der Waals surface area contributed by atoms with Crippen molar-refractivity contribution in [1.82, 2.24) is 10.2 Å². The molecule has 0 atom stereocenters. The number of carbonyl (C=O) groups excluding carboxylic acids is 1. The highest BCUT2D eigenvalue weighted by atomic mass is 16.2. The lowest BCUT2D eigenvalue weighted by atomic mass is 10.4. The van der Waals surface area contributed by atoms with E-state index in [2.05, 4.69) is 11.9 Å². The summed E-state index contributed by atoms with van der Waals surface area (Å²) < 4.78 is 0. The summed E-state index contributed by atoms with van der Waals surface area (Å²) in [6.07, 6.45) is 3.59. The third-order valence-corrected chi connectivity index (χ3v) is 2.02. The molecule has 0 bridgehead atoms. The number of carbonyl (C=O) groups is 1. The number of amides is 1. The summed E-state index contributed by atoms with van der Waals surface area (Å²) in [5.74, 6) is 0.301. The molecule has 1 saturated heterocycles. The lowest BCUT2D eigenvalue weighted by Crippen LogP contribution is -2.32. The highest BCUT2D eigenvalue weighted by Gasteiger charge is 2.18. The number of hydrogen-bond donors (Lipinski definition) is 1. The molecule has 1 fully saturated rings. The van der Waals surface area contributed by atoms with Crippen LogP contribution < -0.4 is 5.32 Å². The molecule has 0 saturated carbocycles. The summed E-state index contributed by atoms with van der Waals surface area (Å²) in [5.41, 5.74) is 0. The van der Waals surface area contributed by atoms with Crippen molar-refractivity contribution < 1.29 is 4.79 Å². The van der Waals surface area contributed by atoms with E-state index in [-0.39, 0.29) is 0 Å². The Bertz CT molecular complexity index is 168. The molecule has 0 radical (unpaired) electrons. The molecule has 1 amide bonds. The average Bonchev–Trinajstić information content (AvgIpc) is 2.46. The SMILES string of the molecule is C=CCNCCN1CCCC1=O. The van der Waals surface area contributed by atoms with Gasteiger partial charge in [0, 0.05) is 32.6 Å². The maximum atomic E-state index is 11.1. The van der Waals surface area contributed by atoms with Crippen LogP contribution in [0.1, 0.15) is 12.8 Å². The summed E-state index contributed by atoms with van der Waals surface area (Å²) in [4.78, 5) is 13.0. The van der Waals surface area contributed by atoms with Crippen LogP contribution in [0.15, 0.2) is 12.7 Å². The van der Waals surface area contributed by atoms with Crippen molar-refractivity contribution in [2.75, 3.05) is 26.2 Å². The van der Waals surface area contributed by atoms with Crippen LogP contribution in [0.3, 0.4) is 0 Å². The van der Waals surface area contributed by atoms with Crippen LogP contribution >= 0.6 is 0 Å². The van der Waals surface area contributed by atoms with Gasteiger partial charge >= 0.3 is 0 Å². The number of likely N-dealkylation sites (tertiary alicyclic amines) is 1. The Morgan fingerprint density at radius 2 is 2.50 bits per heavy atom. The molecule has 0 unspecified atom stereocenters. The van der Waals surface area contributed by atoms with Gasteiger partial charge in [0.1, 0.15) is 0 Å². The minimum Gasteiger partial charge on any atom is -0.341 e. The molecule has 68 valence electrons. The fourth-order valence-electron chi connectivity index (χ4n) is 1.36. The molecule has 0 aromatic heterocycles. The van der Waals surface area contributed by atoms with E-state index in [4.69, 9.17) is 0 Å². The lowest BCUT2D eigenvalue weighted by molar-refractivity contribution is -0.127. The van der Waals surface area contributed by atoms with Crippen LogP contribution in [0.25, 0.3) is 0 Å². The van der Waals surface area contributed by atoms with Gasteiger partial charge in [-0.25, -0.2) is 0 Å². The molecule has 0 aromatic carbocycles. The van der Waals surface area contributed by atoms with Crippen molar-refractivity contribution in [2.45, 2.75) is 12.8 Å². The Kier molecular flexibility index (Phi) is 3.80. The standard InChI is InChI=1S/C9H16N2O/c1-2-5-10-6-8-11-7-3-4-9(11)12/h2,10H,1,3-8H2. The Hall–Kier alpha value is -0.830. The molecule has 3 heteroatoms. The maximum Gasteiger partial charge on any atom is 0.222 e. The van der Waals surface area contributed by atoms with Crippen LogP contribution in [0.4, 0.5) is 0 Å². The fraction of sp³-hybridized carbons (Fsp3) is 0.667. The van der Waals surface area contributed by atoms with Gasteiger partial charge in [-0.05, 0) is 6.42 Å². The van der Waals surface area contributed by atoms with Gasteiger partial charge in [0.15, 0.2) is 0 Å². The Balaban J connectivity index is 2.06. The first-order valence-corrected chi connectivity index (χ1v) is 4.44. The van der Waals surface area contributed by atoms with E-state index in [0.29, 0.717) is 5.91 Å². The molecule has 0 aromatic rings. The Morgan fingerprint density at radius 3 is 3.08 bits per heavy atom. The van der Waals surface area contributed by atoms with Gasteiger partial charge in [-0.1, -0.05) is 6.08 Å². The average molecular weight is 168 g/mol. The van der Waals surface area contributed by atoms with Crippen molar-refractivity contribution >= 4 is 5.91 Å². The van der Waals surface area contributed by atoms with Gasteiger partial charge < -0.3 is 10.2 Å². The van der Waals surface area contributed by atoms with E-state index in [1.807, 2.05) is 11.0 Å². The number of rotatable bonds is 5. The monoisotopic (exact) mass is 168 g/mol. The minimum absolute atomic E-state index is 0.301. The second kappa shape index (κ2) is 4.93. The van der Waals surface area contributed by atoms with Gasteiger partial charge in [0.25, 0.3) is 0 Å². The van der Waals surface area contributed by atoms with Crippen molar-refractivity contribution in [3.63, 3.8) is 0 Å². The van der Waals surface area contributed by atoms with E-state index in [1.165, 1.54) is 0 Å². The third kappa shape index (κ3) is 2.66. The second-order valence-corrected chi connectivity index (χ2v) is 2.98. The molecule has 1 aliphatic heterocycles. The molecule has 1 aliphatic rings. The molecule has 1 heterocycles. The normalized spacial score (nSPS) is 17.0. The number of hydrogen-bond acceptors (Lipinski definition) is 2. The Labute approximate surface area is 73.4 Å². The van der Waals surface area contributed by atoms with Gasteiger partial charge in [0.2, 0.25) is 5.91 Å². The summed E-state index contributed by atoms with van der Waals surface area (Å²) >= 11 is 0. The molecule has 0 spiro atoms. The topological polar surface area (TPSA) is 32.3 Å². The third-order valence-electron chi connectivity index (χ3n) is 2.02. The van der Waals surface area contributed by atoms with E-state index in [1.54, 1.807) is 0 Å². The molecule has 3 nitrogen and oxygen atoms in total. The van der Waals surface area contributed by atoms with Crippen LogP contribution in [0.2, 0.25) is 0 Å². The molecule has 1 rings (SSSR count). The lowest BCUT2D eigenvalue weighted by Gasteiger charge is -2.14. The first kappa shape index (κ1) is 9.26. The summed E-state index contributed by atoms with van der Waals surface area (Å²) in [7, 11) is 0. The minimum atomic E-state index is 0.301. The van der Waals surface area contributed by atoms with E-state index in [9.17, 15) is 4.79 Å². The largest absolute Gasteiger partial charge is 0.341 e. The van der Waals surface area contributed by atoms with Crippen molar-refractivity contribution in [3.8, 4) is 0 Å². The van der Waals surface area contributed by atoms with Gasteiger partial charge in [-0.2, -0.15) is 0 Å². The fourth-order valence-corrected chi connectivity index (χ4v) is 1.36. The second-order valence-electron chi connectivity index (χ2n) is 2.98. The van der Waals surface area contributed by atoms with Crippen LogP contribution in [0.5, 0.6) is 0 Å². The predicted octanol–water partition coefficient (Wildman–Crippen LogP) is 0.384. The molecule has 0 aliphatic carbocycles. The zero-order valence-corrected chi connectivity index (χ0v) is 7.38. The number of nitrogens with zero attached hydrogens (tertiary/aromatic N) is 1. The van der Waals surface area contributed by atoms with Crippen molar-refractivity contribution in [3.05, 3.63) is 12.7 Å². The van der Waals surface area contributed by atoms with Crippen LogP contribution in [-0.2, 0) is 4.79 Å². The maximum absolute atomic E-state index is 11.1. The van der Waals surface area contributed by atoms with Gasteiger partial charge in [-0.15, -0.1) is 6.58 Å². The molecule has 1 N–H and O–H groups in total. The first-order chi connectivity index (χ1) is 5.84. The Morgan fingerprint density at radius 1 is 1.67 bits per heavy atom. The van der Waals surface area contributed by atoms with Crippen molar-refractivity contribution in [1.29, 1.82) is 0 Å². The molecular weight excluding hydrogens is 152 g/mol. The molecule has 12 heavy (non-hydrogen) atoms. The highest BCUT2D eigenvalue weighted by Crippen LogP contribution is 2.07. The summed E-state index contributed by atoms with van der Waals surface area (Å²) in [6.45, 7) is 7.08. The van der Waals surface area contributed by atoms with E-state index < -0.39 is 0 Å². The predicted molar refractivity (Wildman–Crippen MR) is 48.9 cm³/mol. The summed E-state index contributed by atoms with van der Waals surface area (Å²) in [5, 5.41) is 3.17. The van der Waals surface area contributed by atoms with E-state index in [0.717, 1.165) is 39.0 Å². The van der Waals surface area contributed by atoms with Crippen LogP contribution in [0, 0.1) is 0 Å². The van der Waals surface area contributed by atoms with Crippen molar-refractivity contribution in [2.24, 2.45) is 0 Å². The smallest absolute Gasteiger partial charge is 0.222 e. The van der Waals surface area contributed by atoms with Gasteiger partial charge in [0.05, 0.1) is 0 Å². The summed E-state index contributed by atoms with van der Waals surface area (Å²) in [6, 6.07) is 0. The van der Waals surface area contributed by atoms with Crippen LogP contribution in [-0.4, -0.2) is 37.0 Å². The number of nitrogens with one attached hydrogen (secondary N) is 1. The zero-order valence-electron chi connectivity index (χ0n) is 7.38. The molecular formula is C9H16N2O. The van der Waals surface area contributed by atoms with E-state index >= 15 is 0 Å².